The summed E-state index contributed by atoms with van der Waals surface area (Å²) < 4.78 is 1.47. The van der Waals surface area contributed by atoms with Gasteiger partial charge in [0.1, 0.15) is 0 Å². The number of nitrogens with one attached hydrogen (secondary N) is 1. The number of benzene rings is 1. The molecule has 1 aromatic heterocycles. The Morgan fingerprint density at radius 3 is 2.83 bits per heavy atom. The van der Waals surface area contributed by atoms with Gasteiger partial charge in [-0.05, 0) is 24.6 Å². The van der Waals surface area contributed by atoms with E-state index >= 15 is 0 Å². The average molecular weight is 313 g/mol. The first-order valence-electron chi connectivity index (χ1n) is 6.93. The van der Waals surface area contributed by atoms with Gasteiger partial charge in [-0.15, -0.1) is 0 Å². The third-order valence-electron chi connectivity index (χ3n) is 3.10. The van der Waals surface area contributed by atoms with Crippen molar-refractivity contribution in [3.63, 3.8) is 0 Å². The van der Waals surface area contributed by atoms with E-state index in [0.717, 1.165) is 0 Å². The molecule has 23 heavy (non-hydrogen) atoms. The molecule has 1 amide bonds. The number of nitro groups is 1. The predicted molar refractivity (Wildman–Crippen MR) is 87.1 cm³/mol. The number of rotatable bonds is 5. The fraction of sp³-hybridized carbons (Fsp3) is 0.125. The fourth-order valence-corrected chi connectivity index (χ4v) is 1.95. The van der Waals surface area contributed by atoms with E-state index in [9.17, 15) is 19.7 Å². The molecule has 0 fully saturated rings. The third-order valence-corrected chi connectivity index (χ3v) is 3.10. The summed E-state index contributed by atoms with van der Waals surface area (Å²) in [7, 11) is 0. The van der Waals surface area contributed by atoms with Crippen molar-refractivity contribution in [1.82, 2.24) is 4.57 Å². The SMILES string of the molecule is CCn1cc(NC(=O)C=Cc2cccc([N+](=O)[O-])c2)ccc1=O. The van der Waals surface area contributed by atoms with Gasteiger partial charge in [-0.3, -0.25) is 19.7 Å². The van der Waals surface area contributed by atoms with Crippen LogP contribution in [0.15, 0.2) is 53.5 Å². The van der Waals surface area contributed by atoms with Crippen LogP contribution in [0.25, 0.3) is 6.08 Å². The number of nitrogens with zero attached hydrogens (tertiary/aromatic N) is 2. The minimum atomic E-state index is -0.495. The zero-order chi connectivity index (χ0) is 16.8. The summed E-state index contributed by atoms with van der Waals surface area (Å²) in [6.45, 7) is 2.33. The highest BCUT2D eigenvalue weighted by Crippen LogP contribution is 2.14. The van der Waals surface area contributed by atoms with Crippen molar-refractivity contribution in [3.05, 3.63) is 74.7 Å². The quantitative estimate of drug-likeness (QED) is 0.521. The van der Waals surface area contributed by atoms with E-state index in [1.54, 1.807) is 18.3 Å². The Bertz CT molecular complexity index is 824. The van der Waals surface area contributed by atoms with Crippen molar-refractivity contribution < 1.29 is 9.72 Å². The van der Waals surface area contributed by atoms with Crippen LogP contribution >= 0.6 is 0 Å². The van der Waals surface area contributed by atoms with Crippen LogP contribution in [0.4, 0.5) is 11.4 Å². The molecule has 0 unspecified atom stereocenters. The molecular formula is C16H15N3O4. The number of anilines is 1. The zero-order valence-corrected chi connectivity index (χ0v) is 12.4. The smallest absolute Gasteiger partial charge is 0.270 e. The van der Waals surface area contributed by atoms with Crippen molar-refractivity contribution in [2.24, 2.45) is 0 Å². The van der Waals surface area contributed by atoms with E-state index in [4.69, 9.17) is 0 Å². The minimum absolute atomic E-state index is 0.0393. The van der Waals surface area contributed by atoms with Crippen LogP contribution in [-0.2, 0) is 11.3 Å². The molecule has 0 atom stereocenters. The Labute approximate surface area is 132 Å². The number of nitro benzene ring substituents is 1. The van der Waals surface area contributed by atoms with Gasteiger partial charge in [0, 0.05) is 37.0 Å². The molecule has 2 rings (SSSR count). The van der Waals surface area contributed by atoms with Crippen LogP contribution in [0.2, 0.25) is 0 Å². The number of hydrogen-bond acceptors (Lipinski definition) is 4. The summed E-state index contributed by atoms with van der Waals surface area (Å²) in [6.07, 6.45) is 4.32. The molecule has 0 bridgehead atoms. The van der Waals surface area contributed by atoms with Crippen molar-refractivity contribution in [1.29, 1.82) is 0 Å². The first-order chi connectivity index (χ1) is 11.0. The van der Waals surface area contributed by atoms with E-state index in [-0.39, 0.29) is 11.2 Å². The van der Waals surface area contributed by atoms with E-state index in [0.29, 0.717) is 17.8 Å². The van der Waals surface area contributed by atoms with E-state index in [1.807, 2.05) is 6.92 Å². The van der Waals surface area contributed by atoms with E-state index < -0.39 is 10.8 Å². The molecule has 2 aromatic rings. The Kier molecular flexibility index (Phi) is 5.03. The summed E-state index contributed by atoms with van der Waals surface area (Å²) in [4.78, 5) is 33.5. The van der Waals surface area contributed by atoms with Crippen LogP contribution in [0.3, 0.4) is 0 Å². The largest absolute Gasteiger partial charge is 0.321 e. The maximum absolute atomic E-state index is 11.9. The van der Waals surface area contributed by atoms with Gasteiger partial charge in [-0.25, -0.2) is 0 Å². The fourth-order valence-electron chi connectivity index (χ4n) is 1.95. The Morgan fingerprint density at radius 1 is 1.35 bits per heavy atom. The second-order valence-corrected chi connectivity index (χ2v) is 4.72. The van der Waals surface area contributed by atoms with Gasteiger partial charge < -0.3 is 9.88 Å². The molecule has 7 heteroatoms. The first-order valence-corrected chi connectivity index (χ1v) is 6.93. The maximum Gasteiger partial charge on any atom is 0.270 e. The molecule has 0 aliphatic carbocycles. The molecule has 7 nitrogen and oxygen atoms in total. The van der Waals surface area contributed by atoms with Gasteiger partial charge in [0.25, 0.3) is 11.2 Å². The number of hydrogen-bond donors (Lipinski definition) is 1. The van der Waals surface area contributed by atoms with Crippen molar-refractivity contribution in [2.45, 2.75) is 13.5 Å². The van der Waals surface area contributed by atoms with Crippen LogP contribution in [0.1, 0.15) is 12.5 Å². The lowest BCUT2D eigenvalue weighted by molar-refractivity contribution is -0.384. The van der Waals surface area contributed by atoms with Crippen LogP contribution < -0.4 is 10.9 Å². The molecule has 118 valence electrons. The Balaban J connectivity index is 2.08. The number of carbonyl (C=O) groups excluding carboxylic acids is 1. The number of aryl methyl sites for hydroxylation is 1. The second-order valence-electron chi connectivity index (χ2n) is 4.72. The lowest BCUT2D eigenvalue weighted by atomic mass is 10.2. The molecular weight excluding hydrogens is 298 g/mol. The van der Waals surface area contributed by atoms with Gasteiger partial charge in [0.2, 0.25) is 5.91 Å². The number of amides is 1. The first kappa shape index (κ1) is 16.2. The number of non-ortho nitro benzene ring substituents is 1. The Morgan fingerprint density at radius 2 is 2.13 bits per heavy atom. The number of aromatic nitrogens is 1. The van der Waals surface area contributed by atoms with Gasteiger partial charge in [-0.1, -0.05) is 12.1 Å². The van der Waals surface area contributed by atoms with Gasteiger partial charge >= 0.3 is 0 Å². The molecule has 1 heterocycles. The summed E-state index contributed by atoms with van der Waals surface area (Å²) in [5.74, 6) is -0.391. The monoisotopic (exact) mass is 313 g/mol. The van der Waals surface area contributed by atoms with Crippen molar-refractivity contribution in [2.75, 3.05) is 5.32 Å². The summed E-state index contributed by atoms with van der Waals surface area (Å²) in [5, 5.41) is 13.3. The van der Waals surface area contributed by atoms with Crippen molar-refractivity contribution in [3.8, 4) is 0 Å². The van der Waals surface area contributed by atoms with Gasteiger partial charge in [-0.2, -0.15) is 0 Å². The second kappa shape index (κ2) is 7.17. The molecule has 1 aromatic carbocycles. The summed E-state index contributed by atoms with van der Waals surface area (Å²) >= 11 is 0. The molecule has 1 N–H and O–H groups in total. The van der Waals surface area contributed by atoms with Crippen LogP contribution in [0, 0.1) is 10.1 Å². The molecule has 0 radical (unpaired) electrons. The summed E-state index contributed by atoms with van der Waals surface area (Å²) in [5.41, 5.74) is 0.869. The molecule has 0 aliphatic heterocycles. The third kappa shape index (κ3) is 4.37. The minimum Gasteiger partial charge on any atom is -0.321 e. The summed E-state index contributed by atoms with van der Waals surface area (Å²) in [6, 6.07) is 8.87. The highest BCUT2D eigenvalue weighted by Gasteiger charge is 2.04. The van der Waals surface area contributed by atoms with Gasteiger partial charge in [0.05, 0.1) is 10.6 Å². The molecule has 0 aliphatic rings. The lowest BCUT2D eigenvalue weighted by Gasteiger charge is -2.05. The van der Waals surface area contributed by atoms with E-state index in [2.05, 4.69) is 5.32 Å². The van der Waals surface area contributed by atoms with Crippen LogP contribution in [-0.4, -0.2) is 15.4 Å². The predicted octanol–water partition coefficient (Wildman–Crippen LogP) is 2.43. The highest BCUT2D eigenvalue weighted by molar-refractivity contribution is 6.01. The normalized spacial score (nSPS) is 10.7. The number of pyridine rings is 1. The van der Waals surface area contributed by atoms with Crippen LogP contribution in [0.5, 0.6) is 0 Å². The topological polar surface area (TPSA) is 94.2 Å². The lowest BCUT2D eigenvalue weighted by Crippen LogP contribution is -2.19. The van der Waals surface area contributed by atoms with E-state index in [1.165, 1.54) is 41.0 Å². The maximum atomic E-state index is 11.9. The zero-order valence-electron chi connectivity index (χ0n) is 12.4. The molecule has 0 spiro atoms. The average Bonchev–Trinajstić information content (AvgIpc) is 2.55. The van der Waals surface area contributed by atoms with Gasteiger partial charge in [0.15, 0.2) is 0 Å². The molecule has 0 saturated heterocycles. The number of carbonyl (C=O) groups is 1. The standard InChI is InChI=1S/C16H15N3O4/c1-2-18-11-13(7-9-16(18)21)17-15(20)8-6-12-4-3-5-14(10-12)19(22)23/h3-11H,2H2,1H3,(H,17,20). The van der Waals surface area contributed by atoms with Crippen molar-refractivity contribution >= 4 is 23.4 Å². The Hall–Kier alpha value is -3.22. The highest BCUT2D eigenvalue weighted by atomic mass is 16.6. The molecule has 0 saturated carbocycles.